The van der Waals surface area contributed by atoms with Crippen LogP contribution in [0.4, 0.5) is 0 Å². The molecule has 3 aliphatic carbocycles. The first-order valence-electron chi connectivity index (χ1n) is 11.3. The SMILES string of the molecule is COC(=O)C[C@@H]1CCC2[C@H](CC[C@]3(C)C(c4cccnc4)=CC[C@@H]23)[C@@]1(C)CCN. The first kappa shape index (κ1) is 20.6. The number of hydrogen-bond donors (Lipinski definition) is 1. The number of pyridine rings is 1. The van der Waals surface area contributed by atoms with Crippen molar-refractivity contribution in [2.45, 2.75) is 58.8 Å². The molecule has 29 heavy (non-hydrogen) atoms. The van der Waals surface area contributed by atoms with Gasteiger partial charge in [-0.15, -0.1) is 0 Å². The summed E-state index contributed by atoms with van der Waals surface area (Å²) in [5.41, 5.74) is 9.26. The third-order valence-electron chi connectivity index (χ3n) is 8.94. The highest BCUT2D eigenvalue weighted by Gasteiger charge is 2.57. The molecule has 158 valence electrons. The molecule has 4 nitrogen and oxygen atoms in total. The Bertz CT molecular complexity index is 776. The average molecular weight is 397 g/mol. The van der Waals surface area contributed by atoms with E-state index in [1.54, 1.807) is 0 Å². The van der Waals surface area contributed by atoms with Crippen LogP contribution < -0.4 is 5.73 Å². The second-order valence-electron chi connectivity index (χ2n) is 10.0. The fourth-order valence-electron chi connectivity index (χ4n) is 7.39. The van der Waals surface area contributed by atoms with Crippen LogP contribution in [0.15, 0.2) is 30.6 Å². The Morgan fingerprint density at radius 1 is 1.28 bits per heavy atom. The van der Waals surface area contributed by atoms with E-state index in [4.69, 9.17) is 10.5 Å². The molecule has 0 spiro atoms. The lowest BCUT2D eigenvalue weighted by atomic mass is 9.46. The van der Waals surface area contributed by atoms with E-state index in [2.05, 4.69) is 37.0 Å². The number of aromatic nitrogens is 1. The molecule has 2 fully saturated rings. The number of ether oxygens (including phenoxy) is 1. The lowest BCUT2D eigenvalue weighted by molar-refractivity contribution is -0.147. The Kier molecular flexibility index (Phi) is 5.58. The van der Waals surface area contributed by atoms with Crippen molar-refractivity contribution in [3.63, 3.8) is 0 Å². The van der Waals surface area contributed by atoms with E-state index >= 15 is 0 Å². The highest BCUT2D eigenvalue weighted by molar-refractivity contribution is 5.72. The van der Waals surface area contributed by atoms with Crippen LogP contribution in [0.2, 0.25) is 0 Å². The molecule has 0 saturated heterocycles. The van der Waals surface area contributed by atoms with Gasteiger partial charge >= 0.3 is 5.97 Å². The second-order valence-corrected chi connectivity index (χ2v) is 10.0. The molecule has 2 saturated carbocycles. The number of carbonyl (C=O) groups excluding carboxylic acids is 1. The summed E-state index contributed by atoms with van der Waals surface area (Å²) in [7, 11) is 1.50. The van der Waals surface area contributed by atoms with Gasteiger partial charge in [0.05, 0.1) is 7.11 Å². The van der Waals surface area contributed by atoms with Gasteiger partial charge in [0.25, 0.3) is 0 Å². The normalized spacial score (nSPS) is 38.7. The number of fused-ring (bicyclic) bond motifs is 3. The lowest BCUT2D eigenvalue weighted by Gasteiger charge is -2.59. The summed E-state index contributed by atoms with van der Waals surface area (Å²) in [5, 5.41) is 0. The number of hydrogen-bond acceptors (Lipinski definition) is 4. The molecule has 2 N–H and O–H groups in total. The number of nitrogens with zero attached hydrogens (tertiary/aromatic N) is 1. The minimum absolute atomic E-state index is 0.0706. The molecule has 0 amide bonds. The van der Waals surface area contributed by atoms with E-state index in [-0.39, 0.29) is 16.8 Å². The maximum absolute atomic E-state index is 12.1. The van der Waals surface area contributed by atoms with Crippen LogP contribution in [0, 0.1) is 34.5 Å². The van der Waals surface area contributed by atoms with Gasteiger partial charge < -0.3 is 10.5 Å². The standard InChI is InChI=1S/C25H36N2O2/c1-24(12-13-26)18(15-23(28)29-3)6-7-19-21-9-8-20(17-5-4-14-27-16-17)25(21,2)11-10-22(19)24/h4-5,8,14,16,18-19,21-22H,6-7,9-13,15,26H2,1-3H3/t18-,19?,21-,22-,24-,25+/m0/s1. The first-order valence-corrected chi connectivity index (χ1v) is 11.3. The summed E-state index contributed by atoms with van der Waals surface area (Å²) >= 11 is 0. The van der Waals surface area contributed by atoms with Gasteiger partial charge in [-0.25, -0.2) is 0 Å². The predicted molar refractivity (Wildman–Crippen MR) is 116 cm³/mol. The van der Waals surface area contributed by atoms with Gasteiger partial charge in [0.1, 0.15) is 0 Å². The Hall–Kier alpha value is -1.68. The number of rotatable bonds is 5. The van der Waals surface area contributed by atoms with Crippen molar-refractivity contribution in [3.8, 4) is 0 Å². The largest absolute Gasteiger partial charge is 0.469 e. The van der Waals surface area contributed by atoms with Gasteiger partial charge in [-0.3, -0.25) is 9.78 Å². The number of nitrogens with two attached hydrogens (primary N) is 1. The predicted octanol–water partition coefficient (Wildman–Crippen LogP) is 4.85. The summed E-state index contributed by atoms with van der Waals surface area (Å²) in [6, 6.07) is 4.26. The summed E-state index contributed by atoms with van der Waals surface area (Å²) in [5.74, 6) is 2.36. The van der Waals surface area contributed by atoms with Crippen molar-refractivity contribution in [1.29, 1.82) is 0 Å². The molecule has 0 radical (unpaired) electrons. The van der Waals surface area contributed by atoms with Crippen LogP contribution >= 0.6 is 0 Å². The molecule has 1 heterocycles. The molecular weight excluding hydrogens is 360 g/mol. The van der Waals surface area contributed by atoms with E-state index < -0.39 is 0 Å². The third-order valence-corrected chi connectivity index (χ3v) is 8.94. The first-order chi connectivity index (χ1) is 13.9. The Balaban J connectivity index is 1.61. The number of methoxy groups -OCH3 is 1. The van der Waals surface area contributed by atoms with Crippen molar-refractivity contribution in [2.24, 2.45) is 40.2 Å². The van der Waals surface area contributed by atoms with E-state index in [1.165, 1.54) is 43.9 Å². The molecule has 1 unspecified atom stereocenters. The van der Waals surface area contributed by atoms with Gasteiger partial charge in [0, 0.05) is 18.8 Å². The molecule has 1 aromatic heterocycles. The maximum atomic E-state index is 12.1. The Morgan fingerprint density at radius 2 is 2.10 bits per heavy atom. The van der Waals surface area contributed by atoms with E-state index in [0.717, 1.165) is 12.8 Å². The maximum Gasteiger partial charge on any atom is 0.305 e. The van der Waals surface area contributed by atoms with Gasteiger partial charge in [-0.2, -0.15) is 0 Å². The molecule has 4 heteroatoms. The summed E-state index contributed by atoms with van der Waals surface area (Å²) in [6.45, 7) is 5.59. The number of carbonyl (C=O) groups is 1. The van der Waals surface area contributed by atoms with Crippen molar-refractivity contribution >= 4 is 11.5 Å². The molecule has 1 aromatic rings. The summed E-state index contributed by atoms with van der Waals surface area (Å²) < 4.78 is 5.02. The van der Waals surface area contributed by atoms with Crippen molar-refractivity contribution in [3.05, 3.63) is 36.2 Å². The van der Waals surface area contributed by atoms with E-state index in [9.17, 15) is 4.79 Å². The zero-order valence-corrected chi connectivity index (χ0v) is 18.2. The minimum Gasteiger partial charge on any atom is -0.469 e. The summed E-state index contributed by atoms with van der Waals surface area (Å²) in [6.07, 6.45) is 13.9. The fraction of sp³-hybridized carbons (Fsp3) is 0.680. The third kappa shape index (κ3) is 3.34. The van der Waals surface area contributed by atoms with Crippen molar-refractivity contribution in [1.82, 2.24) is 4.98 Å². The van der Waals surface area contributed by atoms with Crippen LogP contribution in [-0.4, -0.2) is 24.6 Å². The van der Waals surface area contributed by atoms with E-state index in [0.29, 0.717) is 36.6 Å². The minimum atomic E-state index is -0.0706. The van der Waals surface area contributed by atoms with Crippen LogP contribution in [0.5, 0.6) is 0 Å². The fourth-order valence-corrected chi connectivity index (χ4v) is 7.39. The van der Waals surface area contributed by atoms with Crippen molar-refractivity contribution < 1.29 is 9.53 Å². The van der Waals surface area contributed by atoms with Crippen LogP contribution in [0.25, 0.3) is 5.57 Å². The number of allylic oxidation sites excluding steroid dienone is 2. The quantitative estimate of drug-likeness (QED) is 0.723. The zero-order valence-electron chi connectivity index (χ0n) is 18.2. The van der Waals surface area contributed by atoms with Crippen LogP contribution in [-0.2, 0) is 9.53 Å². The lowest BCUT2D eigenvalue weighted by Crippen LogP contribution is -2.52. The number of esters is 1. The van der Waals surface area contributed by atoms with Crippen LogP contribution in [0.3, 0.4) is 0 Å². The Morgan fingerprint density at radius 3 is 2.79 bits per heavy atom. The van der Waals surface area contributed by atoms with Crippen molar-refractivity contribution in [2.75, 3.05) is 13.7 Å². The highest BCUT2D eigenvalue weighted by Crippen LogP contribution is 2.66. The molecule has 0 bridgehead atoms. The molecule has 6 atom stereocenters. The smallest absolute Gasteiger partial charge is 0.305 e. The van der Waals surface area contributed by atoms with Crippen LogP contribution in [0.1, 0.15) is 64.4 Å². The Labute approximate surface area is 175 Å². The highest BCUT2D eigenvalue weighted by atomic mass is 16.5. The van der Waals surface area contributed by atoms with E-state index in [1.807, 2.05) is 12.4 Å². The van der Waals surface area contributed by atoms with Gasteiger partial charge in [0.15, 0.2) is 0 Å². The summed E-state index contributed by atoms with van der Waals surface area (Å²) in [4.78, 5) is 16.5. The molecule has 3 aliphatic rings. The topological polar surface area (TPSA) is 65.2 Å². The average Bonchev–Trinajstić information content (AvgIpc) is 3.08. The van der Waals surface area contributed by atoms with Gasteiger partial charge in [-0.05, 0) is 96.8 Å². The van der Waals surface area contributed by atoms with Gasteiger partial charge in [-0.1, -0.05) is 26.0 Å². The monoisotopic (exact) mass is 396 g/mol. The van der Waals surface area contributed by atoms with Gasteiger partial charge in [0.2, 0.25) is 0 Å². The molecule has 0 aromatic carbocycles. The zero-order chi connectivity index (χ0) is 20.6. The molecule has 0 aliphatic heterocycles. The molecular formula is C25H36N2O2. The molecule has 4 rings (SSSR count). The second kappa shape index (κ2) is 7.86.